The monoisotopic (exact) mass is 381 g/mol. The number of nitrogens with zero attached hydrogens (tertiary/aromatic N) is 1. The highest BCUT2D eigenvalue weighted by atomic mass is 35.5. The maximum absolute atomic E-state index is 12.6. The van der Waals surface area contributed by atoms with Gasteiger partial charge in [0.2, 0.25) is 5.91 Å². The zero-order valence-electron chi connectivity index (χ0n) is 13.9. The predicted molar refractivity (Wildman–Crippen MR) is 93.5 cm³/mol. The summed E-state index contributed by atoms with van der Waals surface area (Å²) in [5, 5.41) is 0.650. The zero-order valence-corrected chi connectivity index (χ0v) is 14.7. The van der Waals surface area contributed by atoms with E-state index in [9.17, 15) is 13.6 Å². The van der Waals surface area contributed by atoms with E-state index in [2.05, 4.69) is 4.74 Å². The van der Waals surface area contributed by atoms with Gasteiger partial charge in [-0.05, 0) is 35.4 Å². The summed E-state index contributed by atoms with van der Waals surface area (Å²) in [6.07, 6.45) is 0.00856. The van der Waals surface area contributed by atoms with Gasteiger partial charge in [-0.25, -0.2) is 0 Å². The number of ether oxygens (including phenoxy) is 2. The number of carbonyl (C=O) groups excluding carboxylic acids is 1. The molecule has 2 aromatic rings. The van der Waals surface area contributed by atoms with Gasteiger partial charge in [-0.1, -0.05) is 35.9 Å². The molecule has 0 aromatic heterocycles. The van der Waals surface area contributed by atoms with Gasteiger partial charge in [-0.2, -0.15) is 8.78 Å². The molecular formula is C19H18ClF2NO3. The molecule has 26 heavy (non-hydrogen) atoms. The minimum Gasteiger partial charge on any atom is -0.435 e. The van der Waals surface area contributed by atoms with Crippen molar-refractivity contribution < 1.29 is 23.0 Å². The summed E-state index contributed by atoms with van der Waals surface area (Å²) in [5.74, 6) is 0.0418. The lowest BCUT2D eigenvalue weighted by molar-refractivity contribution is -0.138. The van der Waals surface area contributed by atoms with Gasteiger partial charge in [0.1, 0.15) is 11.9 Å². The van der Waals surface area contributed by atoms with Crippen LogP contribution < -0.4 is 4.74 Å². The Balaban J connectivity index is 1.59. The first kappa shape index (κ1) is 18.6. The van der Waals surface area contributed by atoms with E-state index < -0.39 is 6.61 Å². The Morgan fingerprint density at radius 1 is 1.19 bits per heavy atom. The van der Waals surface area contributed by atoms with Gasteiger partial charge in [-0.3, -0.25) is 4.79 Å². The average Bonchev–Trinajstić information content (AvgIpc) is 2.63. The molecule has 0 aliphatic carbocycles. The number of halogens is 3. The standard InChI is InChI=1S/C19H18ClF2NO3/c20-15-5-3-14(4-6-15)17-12-23(9-10-25-17)18(24)11-13-1-7-16(8-2-13)26-19(21)22/h1-8,17,19H,9-12H2. The molecule has 2 aromatic carbocycles. The van der Waals surface area contributed by atoms with Crippen LogP contribution in [-0.4, -0.2) is 37.1 Å². The summed E-state index contributed by atoms with van der Waals surface area (Å²) in [6.45, 7) is -1.41. The Hall–Kier alpha value is -2.18. The summed E-state index contributed by atoms with van der Waals surface area (Å²) in [5.41, 5.74) is 1.71. The fourth-order valence-corrected chi connectivity index (χ4v) is 2.96. The van der Waals surface area contributed by atoms with Gasteiger partial charge in [0.05, 0.1) is 19.6 Å². The van der Waals surface area contributed by atoms with Crippen molar-refractivity contribution in [1.82, 2.24) is 4.90 Å². The molecule has 4 nitrogen and oxygen atoms in total. The van der Waals surface area contributed by atoms with Crippen LogP contribution in [0.4, 0.5) is 8.78 Å². The second-order valence-corrected chi connectivity index (χ2v) is 6.39. The molecule has 0 radical (unpaired) electrons. The molecule has 0 N–H and O–H groups in total. The van der Waals surface area contributed by atoms with Crippen LogP contribution in [0.15, 0.2) is 48.5 Å². The SMILES string of the molecule is O=C(Cc1ccc(OC(F)F)cc1)N1CCOC(c2ccc(Cl)cc2)C1. The Morgan fingerprint density at radius 3 is 2.54 bits per heavy atom. The van der Waals surface area contributed by atoms with Crippen molar-refractivity contribution in [3.63, 3.8) is 0 Å². The number of amides is 1. The maximum Gasteiger partial charge on any atom is 0.387 e. The van der Waals surface area contributed by atoms with Crippen LogP contribution in [0.1, 0.15) is 17.2 Å². The molecule has 1 saturated heterocycles. The normalized spacial score (nSPS) is 17.4. The molecule has 0 bridgehead atoms. The third-order valence-corrected chi connectivity index (χ3v) is 4.42. The van der Waals surface area contributed by atoms with Gasteiger partial charge in [0.25, 0.3) is 0 Å². The molecule has 1 heterocycles. The minimum atomic E-state index is -2.86. The molecule has 1 fully saturated rings. The Labute approximate surface area is 155 Å². The number of benzene rings is 2. The number of carbonyl (C=O) groups is 1. The van der Waals surface area contributed by atoms with Crippen LogP contribution in [0.2, 0.25) is 5.02 Å². The lowest BCUT2D eigenvalue weighted by Gasteiger charge is -2.33. The van der Waals surface area contributed by atoms with Gasteiger partial charge >= 0.3 is 6.61 Å². The average molecular weight is 382 g/mol. The molecular weight excluding hydrogens is 364 g/mol. The van der Waals surface area contributed by atoms with Crippen LogP contribution >= 0.6 is 11.6 Å². The van der Waals surface area contributed by atoms with Crippen molar-refractivity contribution in [2.75, 3.05) is 19.7 Å². The molecule has 1 aliphatic heterocycles. The summed E-state index contributed by atoms with van der Waals surface area (Å²) >= 11 is 5.90. The predicted octanol–water partition coefficient (Wildman–Crippen LogP) is 4.08. The maximum atomic E-state index is 12.6. The number of rotatable bonds is 5. The van der Waals surface area contributed by atoms with E-state index in [1.165, 1.54) is 12.1 Å². The molecule has 3 rings (SSSR count). The van der Waals surface area contributed by atoms with E-state index >= 15 is 0 Å². The molecule has 0 spiro atoms. The van der Waals surface area contributed by atoms with E-state index in [1.807, 2.05) is 12.1 Å². The Bertz CT molecular complexity index is 737. The fraction of sp³-hybridized carbons (Fsp3) is 0.316. The first-order valence-corrected chi connectivity index (χ1v) is 8.57. The van der Waals surface area contributed by atoms with E-state index in [4.69, 9.17) is 16.3 Å². The van der Waals surface area contributed by atoms with E-state index in [0.29, 0.717) is 24.7 Å². The highest BCUT2D eigenvalue weighted by Gasteiger charge is 2.25. The highest BCUT2D eigenvalue weighted by Crippen LogP contribution is 2.24. The lowest BCUT2D eigenvalue weighted by atomic mass is 10.1. The Morgan fingerprint density at radius 2 is 1.88 bits per heavy atom. The van der Waals surface area contributed by atoms with E-state index in [1.54, 1.807) is 29.2 Å². The van der Waals surface area contributed by atoms with Crippen molar-refractivity contribution in [1.29, 1.82) is 0 Å². The molecule has 1 aliphatic rings. The van der Waals surface area contributed by atoms with Gasteiger partial charge < -0.3 is 14.4 Å². The van der Waals surface area contributed by atoms with Crippen molar-refractivity contribution in [3.05, 3.63) is 64.7 Å². The number of hydrogen-bond donors (Lipinski definition) is 0. The first-order valence-electron chi connectivity index (χ1n) is 8.20. The summed E-state index contributed by atoms with van der Waals surface area (Å²) in [7, 11) is 0. The molecule has 1 atom stereocenters. The highest BCUT2D eigenvalue weighted by molar-refractivity contribution is 6.30. The lowest BCUT2D eigenvalue weighted by Crippen LogP contribution is -2.42. The van der Waals surface area contributed by atoms with Crippen LogP contribution in [0.3, 0.4) is 0 Å². The molecule has 1 amide bonds. The summed E-state index contributed by atoms with van der Waals surface area (Å²) in [4.78, 5) is 14.3. The van der Waals surface area contributed by atoms with Crippen molar-refractivity contribution in [3.8, 4) is 5.75 Å². The van der Waals surface area contributed by atoms with Crippen molar-refractivity contribution in [2.24, 2.45) is 0 Å². The van der Waals surface area contributed by atoms with Gasteiger partial charge in [0.15, 0.2) is 0 Å². The van der Waals surface area contributed by atoms with Crippen LogP contribution in [0.5, 0.6) is 5.75 Å². The third-order valence-electron chi connectivity index (χ3n) is 4.16. The third kappa shape index (κ3) is 4.93. The van der Waals surface area contributed by atoms with Crippen LogP contribution in [0.25, 0.3) is 0 Å². The van der Waals surface area contributed by atoms with Crippen molar-refractivity contribution >= 4 is 17.5 Å². The number of hydrogen-bond acceptors (Lipinski definition) is 3. The fourth-order valence-electron chi connectivity index (χ4n) is 2.83. The molecule has 1 unspecified atom stereocenters. The van der Waals surface area contributed by atoms with Crippen LogP contribution in [0, 0.1) is 0 Å². The zero-order chi connectivity index (χ0) is 18.5. The summed E-state index contributed by atoms with van der Waals surface area (Å²) < 4.78 is 34.4. The largest absolute Gasteiger partial charge is 0.435 e. The molecule has 138 valence electrons. The van der Waals surface area contributed by atoms with Gasteiger partial charge in [0, 0.05) is 11.6 Å². The molecule has 7 heteroatoms. The van der Waals surface area contributed by atoms with Crippen LogP contribution in [-0.2, 0) is 16.0 Å². The van der Waals surface area contributed by atoms with Gasteiger partial charge in [-0.15, -0.1) is 0 Å². The second kappa shape index (κ2) is 8.47. The number of morpholine rings is 1. The quantitative estimate of drug-likeness (QED) is 0.783. The number of alkyl halides is 2. The minimum absolute atomic E-state index is 0.0326. The van der Waals surface area contributed by atoms with Crippen molar-refractivity contribution in [2.45, 2.75) is 19.1 Å². The van der Waals surface area contributed by atoms with E-state index in [-0.39, 0.29) is 24.2 Å². The Kier molecular flexibility index (Phi) is 6.06. The smallest absolute Gasteiger partial charge is 0.387 e. The topological polar surface area (TPSA) is 38.8 Å². The summed E-state index contributed by atoms with van der Waals surface area (Å²) in [6, 6.07) is 13.5. The van der Waals surface area contributed by atoms with E-state index in [0.717, 1.165) is 11.1 Å². The second-order valence-electron chi connectivity index (χ2n) is 5.95. The first-order chi connectivity index (χ1) is 12.5. The molecule has 0 saturated carbocycles.